The van der Waals surface area contributed by atoms with Gasteiger partial charge in [0.15, 0.2) is 0 Å². The topological polar surface area (TPSA) is 121 Å². The first-order valence-electron chi connectivity index (χ1n) is 2.33. The molecule has 0 spiro atoms. The van der Waals surface area contributed by atoms with E-state index >= 15 is 0 Å². The van der Waals surface area contributed by atoms with Crippen LogP contribution in [0.2, 0.25) is 0 Å². The van der Waals surface area contributed by atoms with Crippen LogP contribution in [0.4, 0.5) is 0 Å². The molecule has 0 aromatic rings. The normalized spacial score (nSPS) is 12.2. The summed E-state index contributed by atoms with van der Waals surface area (Å²) in [7, 11) is -4.89. The molecular weight excluding hydrogens is 202 g/mol. The zero-order valence-electron chi connectivity index (χ0n) is 6.34. The van der Waals surface area contributed by atoms with Crippen LogP contribution in [0.25, 0.3) is 0 Å². The van der Waals surface area contributed by atoms with Crippen molar-refractivity contribution in [2.45, 2.75) is 13.0 Å². The fourth-order valence-corrected chi connectivity index (χ4v) is 0. The van der Waals surface area contributed by atoms with Crippen LogP contribution in [0.1, 0.15) is 6.92 Å². The molecule has 4 N–H and O–H groups in total. The van der Waals surface area contributed by atoms with Crippen molar-refractivity contribution in [1.29, 1.82) is 0 Å². The maximum Gasteiger partial charge on any atom is 1.00 e. The van der Waals surface area contributed by atoms with E-state index in [-0.39, 0.29) is 58.0 Å². The summed E-state index contributed by atoms with van der Waals surface area (Å²) in [6.07, 6.45) is -0.560. The van der Waals surface area contributed by atoms with E-state index in [0.29, 0.717) is 0 Å². The van der Waals surface area contributed by atoms with Gasteiger partial charge < -0.3 is 24.9 Å². The van der Waals surface area contributed by atoms with Crippen LogP contribution < -0.4 is 56.3 Å². The second-order valence-electron chi connectivity index (χ2n) is 1.52. The van der Waals surface area contributed by atoms with Gasteiger partial charge in [-0.2, -0.15) is 0 Å². The molecule has 0 aliphatic rings. The summed E-state index contributed by atoms with van der Waals surface area (Å²) in [5.41, 5.74) is 0. The second kappa shape index (κ2) is 9.75. The fraction of sp³-hybridized carbons (Fsp3) is 1.00. The summed E-state index contributed by atoms with van der Waals surface area (Å²) < 4.78 is 8.77. The molecule has 0 radical (unpaired) electrons. The van der Waals surface area contributed by atoms with Crippen molar-refractivity contribution in [1.82, 2.24) is 0 Å². The Morgan fingerprint density at radius 2 is 1.64 bits per heavy atom. The Hall–Kier alpha value is 1.67. The van der Waals surface area contributed by atoms with Crippen molar-refractivity contribution in [2.24, 2.45) is 0 Å². The molecule has 64 valence electrons. The summed E-state index contributed by atoms with van der Waals surface area (Å²) in [6, 6.07) is 0. The smallest absolute Gasteiger partial charge is 0.756 e. The molecule has 0 aliphatic carbocycles. The molecule has 0 saturated carbocycles. The van der Waals surface area contributed by atoms with E-state index in [0.717, 1.165) is 0 Å². The Morgan fingerprint density at radius 1 is 1.55 bits per heavy atom. The van der Waals surface area contributed by atoms with Crippen LogP contribution in [-0.4, -0.2) is 32.7 Å². The molecule has 11 heavy (non-hydrogen) atoms. The summed E-state index contributed by atoms with van der Waals surface area (Å²) in [6.45, 7) is 1.39. The number of hydrogen-bond donors (Lipinski definition) is 4. The number of aliphatic hydroxyl groups is 2. The molecule has 0 fully saturated rings. The maximum absolute atomic E-state index is 8.77. The Balaban J connectivity index is -0.000000107. The quantitative estimate of drug-likeness (QED) is 0.254. The second-order valence-corrected chi connectivity index (χ2v) is 2.50. The van der Waals surface area contributed by atoms with Crippen molar-refractivity contribution in [3.63, 3.8) is 0 Å². The van der Waals surface area contributed by atoms with Crippen LogP contribution in [0, 0.1) is 0 Å². The van der Waals surface area contributed by atoms with Crippen LogP contribution >= 0.6 is 7.82 Å². The minimum absolute atomic E-state index is 0. The molecule has 0 bridgehead atoms. The van der Waals surface area contributed by atoms with Gasteiger partial charge in [0, 0.05) is 0 Å². The SMILES string of the molecule is CC(O)CO.O=P([O-])(O)O.[K+]. The standard InChI is InChI=1S/C3H8O2.K.H3O4P/c1-3(5)2-4;;1-5(2,3)4/h3-5H,2H2,1H3;;(H3,1,2,3,4)/q;+1;/p-1. The molecule has 0 heterocycles. The Kier molecular flexibility index (Phi) is 16.4. The van der Waals surface area contributed by atoms with Gasteiger partial charge in [-0.1, -0.05) is 0 Å². The molecule has 0 amide bonds. The summed E-state index contributed by atoms with van der Waals surface area (Å²) in [4.78, 5) is 22.9. The van der Waals surface area contributed by atoms with E-state index in [1.807, 2.05) is 0 Å². The third kappa shape index (κ3) is 81.1. The van der Waals surface area contributed by atoms with Gasteiger partial charge in [0.05, 0.1) is 12.7 Å². The van der Waals surface area contributed by atoms with Crippen molar-refractivity contribution >= 4 is 7.82 Å². The number of rotatable bonds is 1. The van der Waals surface area contributed by atoms with E-state index in [1.54, 1.807) is 0 Å². The Labute approximate surface area is 107 Å². The number of hydrogen-bond acceptors (Lipinski definition) is 4. The fourth-order valence-electron chi connectivity index (χ4n) is 0. The molecule has 0 aromatic carbocycles. The van der Waals surface area contributed by atoms with E-state index in [1.165, 1.54) is 6.92 Å². The largest absolute Gasteiger partial charge is 1.00 e. The van der Waals surface area contributed by atoms with Gasteiger partial charge in [-0.05, 0) is 6.92 Å². The minimum atomic E-state index is -4.89. The summed E-state index contributed by atoms with van der Waals surface area (Å²) >= 11 is 0. The molecular formula is C3H10KO6P. The van der Waals surface area contributed by atoms with Crippen LogP contribution in [0.3, 0.4) is 0 Å². The molecule has 0 saturated heterocycles. The first-order valence-corrected chi connectivity index (χ1v) is 3.86. The van der Waals surface area contributed by atoms with E-state index in [9.17, 15) is 0 Å². The average molecular weight is 212 g/mol. The van der Waals surface area contributed by atoms with Gasteiger partial charge in [0.2, 0.25) is 0 Å². The van der Waals surface area contributed by atoms with Gasteiger partial charge in [0.25, 0.3) is 7.82 Å². The molecule has 0 aromatic heterocycles. The van der Waals surface area contributed by atoms with E-state index in [2.05, 4.69) is 0 Å². The van der Waals surface area contributed by atoms with Gasteiger partial charge in [-0.3, -0.25) is 4.57 Å². The number of aliphatic hydroxyl groups excluding tert-OH is 2. The predicted octanol–water partition coefficient (Wildman–Crippen LogP) is -5.20. The van der Waals surface area contributed by atoms with Crippen LogP contribution in [-0.2, 0) is 4.57 Å². The zero-order valence-corrected chi connectivity index (χ0v) is 10.4. The minimum Gasteiger partial charge on any atom is -0.756 e. The van der Waals surface area contributed by atoms with Crippen molar-refractivity contribution < 1.29 is 80.8 Å². The van der Waals surface area contributed by atoms with Gasteiger partial charge in [-0.15, -0.1) is 0 Å². The first-order chi connectivity index (χ1) is 4.27. The molecule has 8 heteroatoms. The predicted molar refractivity (Wildman–Crippen MR) is 30.8 cm³/mol. The first kappa shape index (κ1) is 18.5. The Morgan fingerprint density at radius 3 is 1.64 bits per heavy atom. The van der Waals surface area contributed by atoms with Crippen LogP contribution in [0.5, 0.6) is 0 Å². The maximum atomic E-state index is 8.77. The van der Waals surface area contributed by atoms with Crippen molar-refractivity contribution in [3.05, 3.63) is 0 Å². The van der Waals surface area contributed by atoms with Gasteiger partial charge >= 0.3 is 51.4 Å². The van der Waals surface area contributed by atoms with Crippen molar-refractivity contribution in [2.75, 3.05) is 6.61 Å². The Bertz CT molecular complexity index is 102. The zero-order chi connectivity index (χ0) is 8.78. The van der Waals surface area contributed by atoms with E-state index in [4.69, 9.17) is 29.5 Å². The summed E-state index contributed by atoms with van der Waals surface area (Å²) in [5.74, 6) is 0. The molecule has 0 rings (SSSR count). The van der Waals surface area contributed by atoms with Crippen LogP contribution in [0.15, 0.2) is 0 Å². The molecule has 6 nitrogen and oxygen atoms in total. The molecule has 0 aliphatic heterocycles. The van der Waals surface area contributed by atoms with E-state index < -0.39 is 13.9 Å². The van der Waals surface area contributed by atoms with Gasteiger partial charge in [-0.25, -0.2) is 0 Å². The van der Waals surface area contributed by atoms with Gasteiger partial charge in [0.1, 0.15) is 0 Å². The summed E-state index contributed by atoms with van der Waals surface area (Å²) in [5, 5.41) is 16.0. The average Bonchev–Trinajstić information content (AvgIpc) is 1.61. The third-order valence-electron chi connectivity index (χ3n) is 0.264. The molecule has 1 atom stereocenters. The number of phosphoric acid groups is 1. The third-order valence-corrected chi connectivity index (χ3v) is 0.264. The van der Waals surface area contributed by atoms with Crippen molar-refractivity contribution in [3.8, 4) is 0 Å². The molecule has 1 unspecified atom stereocenters. The monoisotopic (exact) mass is 212 g/mol.